The number of halogens is 3. The second kappa shape index (κ2) is 10.5. The van der Waals surface area contributed by atoms with Gasteiger partial charge in [0.25, 0.3) is 5.35 Å². The number of nitrogens with zero attached hydrogens (tertiary/aromatic N) is 3. The van der Waals surface area contributed by atoms with Gasteiger partial charge < -0.3 is 9.52 Å². The minimum atomic E-state index is -1.49. The summed E-state index contributed by atoms with van der Waals surface area (Å²) in [6, 6.07) is 9.74. The molecular weight excluding hydrogens is 566 g/mol. The molecule has 0 bridgehead atoms. The van der Waals surface area contributed by atoms with Crippen molar-refractivity contribution in [3.8, 4) is 11.3 Å². The first-order valence-electron chi connectivity index (χ1n) is 13.7. The summed E-state index contributed by atoms with van der Waals surface area (Å²) in [5, 5.41) is 14.5. The number of amides is 2. The Morgan fingerprint density at radius 3 is 2.69 bits per heavy atom. The standard InChI is InChI=1S/C31H29ClF2N4O4/c1-30(2)16-38(14-17-3-4-20(23(33)11-17)25-15-42-29(32)36-25)10-9-31(30,41)22-6-7-24-21(27(22)34)12-18(13-35-24)19-5-8-26(39)37-28(19)40/h3-4,6-7,11-13,15,19,41H,5,8-10,14,16H2,1-2H3,(H,37,39,40)/t19?,31-/m1/s1. The summed E-state index contributed by atoms with van der Waals surface area (Å²) in [4.78, 5) is 34.4. The molecule has 11 heteroatoms. The maximum absolute atomic E-state index is 16.2. The van der Waals surface area contributed by atoms with E-state index in [1.165, 1.54) is 18.5 Å². The molecular formula is C31H29ClF2N4O4. The van der Waals surface area contributed by atoms with E-state index in [9.17, 15) is 19.1 Å². The zero-order valence-corrected chi connectivity index (χ0v) is 23.8. The van der Waals surface area contributed by atoms with Crippen LogP contribution in [0.3, 0.4) is 0 Å². The Hall–Kier alpha value is -3.73. The highest BCUT2D eigenvalue weighted by Crippen LogP contribution is 2.48. The number of benzene rings is 2. The lowest BCUT2D eigenvalue weighted by Gasteiger charge is -2.50. The number of hydrogen-bond donors (Lipinski definition) is 2. The van der Waals surface area contributed by atoms with E-state index in [2.05, 4.69) is 20.2 Å². The van der Waals surface area contributed by atoms with Crippen molar-refractivity contribution in [3.05, 3.63) is 82.5 Å². The fourth-order valence-corrected chi connectivity index (χ4v) is 6.40. The van der Waals surface area contributed by atoms with Crippen molar-refractivity contribution >= 4 is 34.3 Å². The number of fused-ring (bicyclic) bond motifs is 1. The second-order valence-corrected chi connectivity index (χ2v) is 12.1. The highest BCUT2D eigenvalue weighted by Gasteiger charge is 2.50. The molecule has 2 aromatic carbocycles. The molecule has 4 heterocycles. The number of imide groups is 1. The Morgan fingerprint density at radius 2 is 2.00 bits per heavy atom. The molecule has 2 fully saturated rings. The molecule has 2 amide bonds. The van der Waals surface area contributed by atoms with E-state index in [0.29, 0.717) is 42.8 Å². The Bertz CT molecular complexity index is 1720. The molecule has 6 rings (SSSR count). The molecule has 0 radical (unpaired) electrons. The van der Waals surface area contributed by atoms with E-state index in [4.69, 9.17) is 16.0 Å². The van der Waals surface area contributed by atoms with Gasteiger partial charge in [-0.1, -0.05) is 26.0 Å². The van der Waals surface area contributed by atoms with E-state index in [-0.39, 0.29) is 40.6 Å². The summed E-state index contributed by atoms with van der Waals surface area (Å²) < 4.78 is 36.0. The van der Waals surface area contributed by atoms with Crippen molar-refractivity contribution in [2.45, 2.75) is 51.2 Å². The van der Waals surface area contributed by atoms with Gasteiger partial charge in [-0.3, -0.25) is 24.8 Å². The van der Waals surface area contributed by atoms with E-state index in [1.54, 1.807) is 24.3 Å². The molecule has 4 aromatic rings. The highest BCUT2D eigenvalue weighted by molar-refractivity contribution is 6.27. The first-order chi connectivity index (χ1) is 19.9. The van der Waals surface area contributed by atoms with Gasteiger partial charge in [0.05, 0.1) is 17.0 Å². The van der Waals surface area contributed by atoms with Crippen LogP contribution in [0.5, 0.6) is 0 Å². The van der Waals surface area contributed by atoms with E-state index < -0.39 is 34.5 Å². The third kappa shape index (κ3) is 4.97. The Morgan fingerprint density at radius 1 is 1.19 bits per heavy atom. The van der Waals surface area contributed by atoms with Crippen LogP contribution in [0.1, 0.15) is 55.7 Å². The van der Waals surface area contributed by atoms with Gasteiger partial charge in [0, 0.05) is 54.2 Å². The Labute approximate surface area is 245 Å². The maximum atomic E-state index is 16.2. The Kier molecular flexibility index (Phi) is 7.11. The minimum Gasteiger partial charge on any atom is -0.436 e. The lowest BCUT2D eigenvalue weighted by molar-refractivity contribution is -0.134. The van der Waals surface area contributed by atoms with Crippen LogP contribution in [-0.2, 0) is 21.7 Å². The molecule has 2 saturated heterocycles. The van der Waals surface area contributed by atoms with Gasteiger partial charge in [-0.05, 0) is 59.8 Å². The van der Waals surface area contributed by atoms with Gasteiger partial charge in [-0.2, -0.15) is 4.98 Å². The number of carbonyl (C=O) groups excluding carboxylic acids is 2. The smallest absolute Gasteiger partial charge is 0.292 e. The van der Waals surface area contributed by atoms with Gasteiger partial charge >= 0.3 is 0 Å². The van der Waals surface area contributed by atoms with Gasteiger partial charge in [0.15, 0.2) is 0 Å². The predicted octanol–water partition coefficient (Wildman–Crippen LogP) is 5.46. The molecule has 2 aliphatic rings. The average Bonchev–Trinajstić information content (AvgIpc) is 3.36. The van der Waals surface area contributed by atoms with Crippen LogP contribution in [-0.4, -0.2) is 44.9 Å². The zero-order valence-electron chi connectivity index (χ0n) is 23.1. The number of rotatable bonds is 5. The van der Waals surface area contributed by atoms with Crippen LogP contribution in [0.25, 0.3) is 22.2 Å². The third-order valence-electron chi connectivity index (χ3n) is 8.63. The van der Waals surface area contributed by atoms with Gasteiger partial charge in [0.2, 0.25) is 11.8 Å². The number of aromatic nitrogens is 2. The van der Waals surface area contributed by atoms with Crippen LogP contribution < -0.4 is 5.32 Å². The number of pyridine rings is 1. The zero-order chi connectivity index (χ0) is 29.8. The molecule has 0 aliphatic carbocycles. The number of hydrogen-bond acceptors (Lipinski definition) is 7. The van der Waals surface area contributed by atoms with Crippen molar-refractivity contribution < 1.29 is 27.9 Å². The lowest BCUT2D eigenvalue weighted by Crippen LogP contribution is -2.55. The molecule has 8 nitrogen and oxygen atoms in total. The van der Waals surface area contributed by atoms with Crippen molar-refractivity contribution in [1.82, 2.24) is 20.2 Å². The number of aliphatic hydroxyl groups is 1. The lowest BCUT2D eigenvalue weighted by atomic mass is 9.66. The summed E-state index contributed by atoms with van der Waals surface area (Å²) in [6.45, 7) is 5.10. The maximum Gasteiger partial charge on any atom is 0.292 e. The molecule has 2 N–H and O–H groups in total. The molecule has 42 heavy (non-hydrogen) atoms. The first kappa shape index (κ1) is 28.4. The van der Waals surface area contributed by atoms with E-state index >= 15 is 4.39 Å². The van der Waals surface area contributed by atoms with Crippen molar-refractivity contribution in [2.24, 2.45) is 5.41 Å². The van der Waals surface area contributed by atoms with Crippen LogP contribution in [0.4, 0.5) is 8.78 Å². The molecule has 2 atom stereocenters. The molecule has 0 saturated carbocycles. The molecule has 2 aliphatic heterocycles. The number of nitrogens with one attached hydrogen (secondary N) is 1. The summed E-state index contributed by atoms with van der Waals surface area (Å²) in [7, 11) is 0. The van der Waals surface area contributed by atoms with E-state index in [0.717, 1.165) is 5.56 Å². The molecule has 218 valence electrons. The normalized spacial score (nSPS) is 22.9. The number of piperidine rings is 2. The quantitative estimate of drug-likeness (QED) is 0.295. The summed E-state index contributed by atoms with van der Waals surface area (Å²) in [6.07, 6.45) is 3.61. The largest absolute Gasteiger partial charge is 0.436 e. The molecule has 2 aromatic heterocycles. The van der Waals surface area contributed by atoms with Crippen LogP contribution in [0.15, 0.2) is 53.3 Å². The SMILES string of the molecule is CC1(C)CN(Cc2ccc(-c3coc(Cl)n3)c(F)c2)CC[C@@]1(O)c1ccc2ncc(C3CCC(=O)NC3=O)cc2c1F. The monoisotopic (exact) mass is 594 g/mol. The van der Waals surface area contributed by atoms with Crippen molar-refractivity contribution in [1.29, 1.82) is 0 Å². The minimum absolute atomic E-state index is 0.0645. The predicted molar refractivity (Wildman–Crippen MR) is 151 cm³/mol. The van der Waals surface area contributed by atoms with Gasteiger partial charge in [0.1, 0.15) is 23.6 Å². The van der Waals surface area contributed by atoms with Gasteiger partial charge in [-0.25, -0.2) is 8.78 Å². The second-order valence-electron chi connectivity index (χ2n) is 11.8. The van der Waals surface area contributed by atoms with Crippen molar-refractivity contribution in [3.63, 3.8) is 0 Å². The summed E-state index contributed by atoms with van der Waals surface area (Å²) in [5.74, 6) is -2.38. The van der Waals surface area contributed by atoms with Crippen LogP contribution in [0.2, 0.25) is 5.35 Å². The molecule has 0 spiro atoms. The highest BCUT2D eigenvalue weighted by atomic mass is 35.5. The summed E-state index contributed by atoms with van der Waals surface area (Å²) >= 11 is 5.73. The fourth-order valence-electron chi connectivity index (χ4n) is 6.26. The average molecular weight is 595 g/mol. The Balaban J connectivity index is 1.24. The van der Waals surface area contributed by atoms with Crippen LogP contribution in [0, 0.1) is 17.0 Å². The number of oxazole rings is 1. The summed E-state index contributed by atoms with van der Waals surface area (Å²) in [5.41, 5.74) is 0.173. The topological polar surface area (TPSA) is 109 Å². The number of carbonyl (C=O) groups is 2. The van der Waals surface area contributed by atoms with Gasteiger partial charge in [-0.15, -0.1) is 0 Å². The first-order valence-corrected chi connectivity index (χ1v) is 14.1. The third-order valence-corrected chi connectivity index (χ3v) is 8.80. The van der Waals surface area contributed by atoms with Crippen molar-refractivity contribution in [2.75, 3.05) is 13.1 Å². The van der Waals surface area contributed by atoms with E-state index in [1.807, 2.05) is 19.9 Å². The number of likely N-dealkylation sites (tertiary alicyclic amines) is 1. The molecule has 1 unspecified atom stereocenters. The van der Waals surface area contributed by atoms with Crippen LogP contribution >= 0.6 is 11.6 Å². The fraction of sp³-hybridized carbons (Fsp3) is 0.355.